The lowest BCUT2D eigenvalue weighted by atomic mass is 10.1. The fraction of sp³-hybridized carbons (Fsp3) is 0.167. The summed E-state index contributed by atoms with van der Waals surface area (Å²) in [6, 6.07) is 15.9. The van der Waals surface area contributed by atoms with E-state index in [0.717, 1.165) is 16.1 Å². The van der Waals surface area contributed by atoms with Gasteiger partial charge in [0.1, 0.15) is 5.01 Å². The van der Waals surface area contributed by atoms with Gasteiger partial charge in [-0.3, -0.25) is 0 Å². The first-order valence-electron chi connectivity index (χ1n) is 10.3. The zero-order valence-electron chi connectivity index (χ0n) is 18.4. The number of sulfonamides is 1. The number of aromatic nitrogens is 2. The van der Waals surface area contributed by atoms with Crippen LogP contribution < -0.4 is 4.31 Å². The van der Waals surface area contributed by atoms with E-state index in [-0.39, 0.29) is 17.0 Å². The van der Waals surface area contributed by atoms with E-state index in [1.165, 1.54) is 33.8 Å². The zero-order valence-corrected chi connectivity index (χ0v) is 20.0. The number of thiazole rings is 1. The fourth-order valence-electron chi connectivity index (χ4n) is 3.60. The molecule has 0 atom stereocenters. The number of benzene rings is 2. The molecule has 0 bridgehead atoms. The predicted octanol–water partition coefficient (Wildman–Crippen LogP) is 5.13. The average molecular weight is 482 g/mol. The Morgan fingerprint density at radius 2 is 1.82 bits per heavy atom. The van der Waals surface area contributed by atoms with Crippen molar-refractivity contribution in [2.45, 2.75) is 25.7 Å². The van der Waals surface area contributed by atoms with Crippen LogP contribution in [-0.4, -0.2) is 35.6 Å². The van der Waals surface area contributed by atoms with Crippen molar-refractivity contribution in [1.82, 2.24) is 9.55 Å². The molecule has 170 valence electrons. The summed E-state index contributed by atoms with van der Waals surface area (Å²) in [6.07, 6.45) is 3.91. The summed E-state index contributed by atoms with van der Waals surface area (Å²) in [5, 5.41) is 10.1. The number of carboxylic acids is 1. The number of rotatable bonds is 7. The molecule has 0 aliphatic rings. The molecule has 0 spiro atoms. The maximum Gasteiger partial charge on any atom is 0.335 e. The molecule has 4 rings (SSSR count). The summed E-state index contributed by atoms with van der Waals surface area (Å²) in [5.74, 6) is -0.816. The van der Waals surface area contributed by atoms with Crippen molar-refractivity contribution in [2.75, 3.05) is 10.8 Å². The van der Waals surface area contributed by atoms with Crippen LogP contribution in [0.4, 0.5) is 5.82 Å². The van der Waals surface area contributed by atoms with E-state index >= 15 is 0 Å². The van der Waals surface area contributed by atoms with E-state index in [0.29, 0.717) is 16.4 Å². The van der Waals surface area contributed by atoms with E-state index in [2.05, 4.69) is 4.98 Å². The predicted molar refractivity (Wildman–Crippen MR) is 130 cm³/mol. The number of anilines is 1. The normalized spacial score (nSPS) is 11.5. The summed E-state index contributed by atoms with van der Waals surface area (Å²) in [6.45, 7) is 5.36. The molecule has 0 radical (unpaired) electrons. The highest BCUT2D eigenvalue weighted by molar-refractivity contribution is 7.92. The van der Waals surface area contributed by atoms with E-state index in [9.17, 15) is 18.3 Å². The Morgan fingerprint density at radius 1 is 1.09 bits per heavy atom. The van der Waals surface area contributed by atoms with Crippen LogP contribution in [0, 0.1) is 13.8 Å². The maximum absolute atomic E-state index is 13.5. The molecule has 0 aliphatic heterocycles. The number of aromatic carboxylic acids is 1. The Morgan fingerprint density at radius 3 is 2.48 bits per heavy atom. The van der Waals surface area contributed by atoms with Crippen molar-refractivity contribution in [1.29, 1.82) is 0 Å². The van der Waals surface area contributed by atoms with Crippen molar-refractivity contribution in [3.8, 4) is 16.3 Å². The quantitative estimate of drug-likeness (QED) is 0.395. The van der Waals surface area contributed by atoms with Crippen LogP contribution in [-0.2, 0) is 10.0 Å². The molecule has 2 aromatic carbocycles. The van der Waals surface area contributed by atoms with Gasteiger partial charge in [-0.25, -0.2) is 22.5 Å². The minimum atomic E-state index is -4.00. The van der Waals surface area contributed by atoms with Crippen LogP contribution in [0.1, 0.15) is 27.7 Å². The first kappa shape index (κ1) is 22.8. The third-order valence-corrected chi connectivity index (χ3v) is 8.19. The number of aryl methyl sites for hydroxylation is 2. The van der Waals surface area contributed by atoms with Crippen LogP contribution in [0.2, 0.25) is 0 Å². The van der Waals surface area contributed by atoms with Gasteiger partial charge < -0.3 is 9.67 Å². The molecule has 0 aliphatic carbocycles. The Bertz CT molecular complexity index is 1420. The average Bonchev–Trinajstić information content (AvgIpc) is 3.45. The monoisotopic (exact) mass is 481 g/mol. The van der Waals surface area contributed by atoms with Crippen LogP contribution >= 0.6 is 11.3 Å². The van der Waals surface area contributed by atoms with Crippen molar-refractivity contribution in [3.63, 3.8) is 0 Å². The summed E-state index contributed by atoms with van der Waals surface area (Å²) >= 11 is 1.42. The van der Waals surface area contributed by atoms with Crippen LogP contribution in [0.3, 0.4) is 0 Å². The van der Waals surface area contributed by atoms with E-state index in [1.54, 1.807) is 13.8 Å². The van der Waals surface area contributed by atoms with E-state index in [1.807, 2.05) is 60.3 Å². The van der Waals surface area contributed by atoms with Gasteiger partial charge in [0.25, 0.3) is 10.0 Å². The van der Waals surface area contributed by atoms with Gasteiger partial charge in [0, 0.05) is 35.1 Å². The maximum atomic E-state index is 13.5. The van der Waals surface area contributed by atoms with Crippen molar-refractivity contribution >= 4 is 33.1 Å². The van der Waals surface area contributed by atoms with Crippen LogP contribution in [0.5, 0.6) is 0 Å². The molecule has 7 nitrogen and oxygen atoms in total. The molecule has 33 heavy (non-hydrogen) atoms. The van der Waals surface area contributed by atoms with Gasteiger partial charge in [-0.2, -0.15) is 0 Å². The number of hydrogen-bond acceptors (Lipinski definition) is 5. The molecule has 0 saturated carbocycles. The molecule has 1 N–H and O–H groups in total. The Kier molecular flexibility index (Phi) is 6.09. The number of carbonyl (C=O) groups is 1. The standard InChI is InChI=1S/C24H23N3O4S2/c1-4-27(33(30,31)20-11-10-16(2)21(15-20)24(28)29)22-17(3)32-23(25-22)18-8-7-9-19(14-18)26-12-5-6-13-26/h5-15H,4H2,1-3H3,(H,28,29). The van der Waals surface area contributed by atoms with Gasteiger partial charge in [-0.15, -0.1) is 11.3 Å². The molecule has 0 saturated heterocycles. The van der Waals surface area contributed by atoms with E-state index in [4.69, 9.17) is 0 Å². The SMILES string of the molecule is CCN(c1nc(-c2cccc(-n3cccc3)c2)sc1C)S(=O)(=O)c1ccc(C)c(C(=O)O)c1. The molecule has 0 fully saturated rings. The molecule has 2 heterocycles. The van der Waals surface area contributed by atoms with E-state index < -0.39 is 16.0 Å². The Labute approximate surface area is 196 Å². The molecule has 0 amide bonds. The summed E-state index contributed by atoms with van der Waals surface area (Å²) < 4.78 is 30.1. The summed E-state index contributed by atoms with van der Waals surface area (Å²) in [4.78, 5) is 16.9. The van der Waals surface area contributed by atoms with Gasteiger partial charge in [0.05, 0.1) is 10.5 Å². The third-order valence-electron chi connectivity index (χ3n) is 5.32. The molecule has 9 heteroatoms. The van der Waals surface area contributed by atoms with Gasteiger partial charge in [0.15, 0.2) is 5.82 Å². The summed E-state index contributed by atoms with van der Waals surface area (Å²) in [5.41, 5.74) is 2.33. The fourth-order valence-corrected chi connectivity index (χ4v) is 6.08. The topological polar surface area (TPSA) is 92.5 Å². The van der Waals surface area contributed by atoms with Crippen molar-refractivity contribution < 1.29 is 18.3 Å². The lowest BCUT2D eigenvalue weighted by Gasteiger charge is -2.21. The number of carboxylic acid groups (broad SMARTS) is 1. The van der Waals surface area contributed by atoms with Gasteiger partial charge in [-0.1, -0.05) is 18.2 Å². The summed E-state index contributed by atoms with van der Waals surface area (Å²) in [7, 11) is -4.00. The van der Waals surface area contributed by atoms with Crippen LogP contribution in [0.15, 0.2) is 71.9 Å². The molecule has 2 aromatic heterocycles. The zero-order chi connectivity index (χ0) is 23.8. The Balaban J connectivity index is 1.74. The first-order valence-corrected chi connectivity index (χ1v) is 12.6. The second kappa shape index (κ2) is 8.84. The van der Waals surface area contributed by atoms with Gasteiger partial charge >= 0.3 is 5.97 Å². The first-order chi connectivity index (χ1) is 15.7. The van der Waals surface area contributed by atoms with Crippen molar-refractivity contribution in [2.24, 2.45) is 0 Å². The minimum absolute atomic E-state index is 0.0374. The highest BCUT2D eigenvalue weighted by atomic mass is 32.2. The van der Waals surface area contributed by atoms with Crippen molar-refractivity contribution in [3.05, 3.63) is 83.0 Å². The molecule has 4 aromatic rings. The smallest absolute Gasteiger partial charge is 0.335 e. The second-order valence-electron chi connectivity index (χ2n) is 7.49. The number of hydrogen-bond donors (Lipinski definition) is 1. The minimum Gasteiger partial charge on any atom is -0.478 e. The molecular formula is C24H23N3O4S2. The third kappa shape index (κ3) is 4.29. The lowest BCUT2D eigenvalue weighted by Crippen LogP contribution is -2.31. The highest BCUT2D eigenvalue weighted by Crippen LogP contribution is 2.35. The molecular weight excluding hydrogens is 458 g/mol. The van der Waals surface area contributed by atoms with Gasteiger partial charge in [0.2, 0.25) is 0 Å². The Hall–Kier alpha value is -3.43. The highest BCUT2D eigenvalue weighted by Gasteiger charge is 2.28. The van der Waals surface area contributed by atoms with Gasteiger partial charge in [-0.05, 0) is 62.7 Å². The van der Waals surface area contributed by atoms with Crippen LogP contribution in [0.25, 0.3) is 16.3 Å². The second-order valence-corrected chi connectivity index (χ2v) is 10.6. The molecule has 0 unspecified atom stereocenters. The number of nitrogens with zero attached hydrogens (tertiary/aromatic N) is 3. The lowest BCUT2D eigenvalue weighted by molar-refractivity contribution is 0.0696. The largest absolute Gasteiger partial charge is 0.478 e.